The lowest BCUT2D eigenvalue weighted by molar-refractivity contribution is -0.116. The van der Waals surface area contributed by atoms with Crippen LogP contribution in [-0.4, -0.2) is 21.2 Å². The molecule has 1 aliphatic rings. The predicted octanol–water partition coefficient (Wildman–Crippen LogP) is 3.66. The molecule has 3 rings (SSSR count). The van der Waals surface area contributed by atoms with Crippen LogP contribution in [0.5, 0.6) is 0 Å². The second kappa shape index (κ2) is 7.04. The Morgan fingerprint density at radius 1 is 1.36 bits per heavy atom. The third kappa shape index (κ3) is 3.63. The van der Waals surface area contributed by atoms with Crippen LogP contribution < -0.4 is 10.9 Å². The van der Waals surface area contributed by atoms with Gasteiger partial charge >= 0.3 is 0 Å². The molecule has 2 heterocycles. The molecule has 5 nitrogen and oxygen atoms in total. The molecule has 1 aromatic heterocycles. The smallest absolute Gasteiger partial charge is 0.254 e. The van der Waals surface area contributed by atoms with Crippen LogP contribution in [0.1, 0.15) is 49.0 Å². The third-order valence-corrected chi connectivity index (χ3v) is 5.57. The summed E-state index contributed by atoms with van der Waals surface area (Å²) in [4.78, 5) is 29.6. The van der Waals surface area contributed by atoms with Crippen LogP contribution in [0.25, 0.3) is 0 Å². The van der Waals surface area contributed by atoms with E-state index in [9.17, 15) is 9.59 Å². The topological polar surface area (TPSA) is 64.0 Å². The number of aromatic nitrogens is 2. The molecule has 25 heavy (non-hydrogen) atoms. The lowest BCUT2D eigenvalue weighted by atomic mass is 10.1. The maximum Gasteiger partial charge on any atom is 0.254 e. The van der Waals surface area contributed by atoms with E-state index in [1.54, 1.807) is 22.4 Å². The number of thioether (sulfide) groups is 1. The van der Waals surface area contributed by atoms with Crippen molar-refractivity contribution in [2.75, 3.05) is 11.1 Å². The summed E-state index contributed by atoms with van der Waals surface area (Å²) < 4.78 is 1.67. The molecule has 0 radical (unpaired) electrons. The normalized spacial score (nSPS) is 16.1. The van der Waals surface area contributed by atoms with Crippen LogP contribution in [0, 0.1) is 13.8 Å². The van der Waals surface area contributed by atoms with Crippen molar-refractivity contribution in [3.63, 3.8) is 0 Å². The first-order valence-electron chi connectivity index (χ1n) is 8.49. The van der Waals surface area contributed by atoms with Gasteiger partial charge in [-0.15, -0.1) is 0 Å². The molecule has 1 amide bonds. The van der Waals surface area contributed by atoms with Gasteiger partial charge in [0.1, 0.15) is 0 Å². The maximum absolute atomic E-state index is 12.5. The van der Waals surface area contributed by atoms with E-state index < -0.39 is 0 Å². The van der Waals surface area contributed by atoms with Crippen LogP contribution in [0.3, 0.4) is 0 Å². The number of benzene rings is 1. The molecule has 0 spiro atoms. The highest BCUT2D eigenvalue weighted by Crippen LogP contribution is 2.33. The average molecular weight is 357 g/mol. The maximum atomic E-state index is 12.5. The number of nitrogens with zero attached hydrogens (tertiary/aromatic N) is 2. The van der Waals surface area contributed by atoms with Gasteiger partial charge < -0.3 is 5.32 Å². The highest BCUT2D eigenvalue weighted by Gasteiger charge is 2.28. The number of carbonyl (C=O) groups excluding carboxylic acids is 1. The predicted molar refractivity (Wildman–Crippen MR) is 102 cm³/mol. The number of rotatable bonds is 4. The molecule has 0 saturated carbocycles. The Kier molecular flexibility index (Phi) is 4.99. The zero-order chi connectivity index (χ0) is 18.1. The quantitative estimate of drug-likeness (QED) is 0.848. The van der Waals surface area contributed by atoms with Gasteiger partial charge in [0.2, 0.25) is 5.91 Å². The molecule has 1 unspecified atom stereocenters. The summed E-state index contributed by atoms with van der Waals surface area (Å²) in [6, 6.07) is 7.37. The number of carbonyl (C=O) groups is 1. The minimum atomic E-state index is -0.148. The number of hydrogen-bond donors (Lipinski definition) is 1. The molecule has 1 N–H and O–H groups in total. The van der Waals surface area contributed by atoms with Crippen LogP contribution in [0.4, 0.5) is 5.69 Å². The van der Waals surface area contributed by atoms with Crippen molar-refractivity contribution >= 4 is 23.4 Å². The summed E-state index contributed by atoms with van der Waals surface area (Å²) in [6.07, 6.45) is 0.274. The van der Waals surface area contributed by atoms with Crippen molar-refractivity contribution in [2.24, 2.45) is 0 Å². The van der Waals surface area contributed by atoms with Crippen molar-refractivity contribution in [3.8, 4) is 0 Å². The first-order valence-corrected chi connectivity index (χ1v) is 9.47. The summed E-state index contributed by atoms with van der Waals surface area (Å²) in [7, 11) is 0. The molecule has 1 aromatic carbocycles. The largest absolute Gasteiger partial charge is 0.326 e. The summed E-state index contributed by atoms with van der Waals surface area (Å²) in [5, 5.41) is 3.72. The first kappa shape index (κ1) is 17.7. The number of amides is 1. The highest BCUT2D eigenvalue weighted by atomic mass is 32.2. The third-order valence-electron chi connectivity index (χ3n) is 4.47. The molecule has 1 atom stereocenters. The fourth-order valence-corrected chi connectivity index (χ4v) is 4.19. The van der Waals surface area contributed by atoms with Crippen LogP contribution in [-0.2, 0) is 4.79 Å². The molecule has 0 fully saturated rings. The van der Waals surface area contributed by atoms with E-state index in [2.05, 4.69) is 10.3 Å². The molecule has 0 aliphatic carbocycles. The van der Waals surface area contributed by atoms with Gasteiger partial charge in [-0.2, -0.15) is 0 Å². The molecular weight excluding hydrogens is 334 g/mol. The molecule has 6 heteroatoms. The first-order chi connectivity index (χ1) is 11.9. The second-order valence-corrected chi connectivity index (χ2v) is 7.80. The molecule has 132 valence electrons. The van der Waals surface area contributed by atoms with Gasteiger partial charge in [0.15, 0.2) is 5.16 Å². The van der Waals surface area contributed by atoms with E-state index in [0.717, 1.165) is 27.7 Å². The summed E-state index contributed by atoms with van der Waals surface area (Å²) >= 11 is 1.55. The Morgan fingerprint density at radius 3 is 2.68 bits per heavy atom. The Labute approximate surface area is 151 Å². The summed E-state index contributed by atoms with van der Waals surface area (Å²) in [5.41, 5.74) is 3.68. The minimum Gasteiger partial charge on any atom is -0.326 e. The Hall–Kier alpha value is -2.08. The molecular formula is C19H23N3O2S. The lowest BCUT2D eigenvalue weighted by Crippen LogP contribution is -2.28. The summed E-state index contributed by atoms with van der Waals surface area (Å²) in [5.74, 6) is 0.838. The number of fused-ring (bicyclic) bond motifs is 1. The number of aryl methyl sites for hydroxylation is 2. The number of anilines is 1. The highest BCUT2D eigenvalue weighted by molar-refractivity contribution is 7.99. The van der Waals surface area contributed by atoms with Gasteiger partial charge in [-0.05, 0) is 30.9 Å². The van der Waals surface area contributed by atoms with Gasteiger partial charge in [0.25, 0.3) is 5.56 Å². The Bertz CT molecular complexity index is 853. The number of nitrogens with one attached hydrogen (secondary N) is 1. The van der Waals surface area contributed by atoms with E-state index in [4.69, 9.17) is 0 Å². The van der Waals surface area contributed by atoms with Crippen molar-refractivity contribution < 1.29 is 4.79 Å². The monoisotopic (exact) mass is 357 g/mol. The van der Waals surface area contributed by atoms with E-state index in [-0.39, 0.29) is 29.8 Å². The van der Waals surface area contributed by atoms with Crippen LogP contribution >= 0.6 is 11.8 Å². The van der Waals surface area contributed by atoms with Gasteiger partial charge in [-0.1, -0.05) is 43.8 Å². The lowest BCUT2D eigenvalue weighted by Gasteiger charge is -2.16. The van der Waals surface area contributed by atoms with Gasteiger partial charge in [-0.3, -0.25) is 14.2 Å². The van der Waals surface area contributed by atoms with E-state index in [1.165, 1.54) is 0 Å². The minimum absolute atomic E-state index is 0.0661. The van der Waals surface area contributed by atoms with Gasteiger partial charge in [-0.25, -0.2) is 4.98 Å². The Morgan fingerprint density at radius 2 is 2.04 bits per heavy atom. The molecule has 0 bridgehead atoms. The van der Waals surface area contributed by atoms with E-state index in [1.807, 2.05) is 45.9 Å². The zero-order valence-corrected chi connectivity index (χ0v) is 15.8. The van der Waals surface area contributed by atoms with Gasteiger partial charge in [0, 0.05) is 23.9 Å². The fraction of sp³-hybridized carbons (Fsp3) is 0.421. The van der Waals surface area contributed by atoms with Gasteiger partial charge in [0.05, 0.1) is 11.7 Å². The Balaban J connectivity index is 1.78. The number of para-hydroxylation sites is 1. The fourth-order valence-electron chi connectivity index (χ4n) is 3.03. The van der Waals surface area contributed by atoms with Crippen LogP contribution in [0.2, 0.25) is 0 Å². The molecule has 0 saturated heterocycles. The van der Waals surface area contributed by atoms with Crippen molar-refractivity contribution in [3.05, 3.63) is 51.4 Å². The van der Waals surface area contributed by atoms with E-state index in [0.29, 0.717) is 5.75 Å². The van der Waals surface area contributed by atoms with Crippen LogP contribution in [0.15, 0.2) is 34.2 Å². The van der Waals surface area contributed by atoms with Crippen molar-refractivity contribution in [1.82, 2.24) is 9.55 Å². The summed E-state index contributed by atoms with van der Waals surface area (Å²) in [6.45, 7) is 8.00. The van der Waals surface area contributed by atoms with Crippen molar-refractivity contribution in [2.45, 2.75) is 51.2 Å². The molecule has 1 aliphatic heterocycles. The molecule has 2 aromatic rings. The standard InChI is InChI=1S/C19H23N3O2S/c1-11(2)15-9-17(24)22-14(10-25-19(22)20-15)8-16(23)21-18-12(3)6-5-7-13(18)4/h5-7,9,11,14H,8,10H2,1-4H3,(H,21,23). The second-order valence-electron chi connectivity index (χ2n) is 6.81. The van der Waals surface area contributed by atoms with Crippen molar-refractivity contribution in [1.29, 1.82) is 0 Å². The van der Waals surface area contributed by atoms with E-state index >= 15 is 0 Å². The zero-order valence-electron chi connectivity index (χ0n) is 15.0. The average Bonchev–Trinajstić information content (AvgIpc) is 2.94. The SMILES string of the molecule is Cc1cccc(C)c1NC(=O)CC1CSc2nc(C(C)C)cc(=O)n21. The number of hydrogen-bond acceptors (Lipinski definition) is 4.